The van der Waals surface area contributed by atoms with E-state index in [1.807, 2.05) is 0 Å². The molecule has 2 rings (SSSR count). The summed E-state index contributed by atoms with van der Waals surface area (Å²) in [5, 5.41) is -0.0714. The summed E-state index contributed by atoms with van der Waals surface area (Å²) in [5.41, 5.74) is 1.85. The van der Waals surface area contributed by atoms with E-state index in [2.05, 4.69) is 15.1 Å². The van der Waals surface area contributed by atoms with Gasteiger partial charge in [-0.15, -0.1) is 0 Å². The molecule has 2 aromatic rings. The molecule has 0 spiro atoms. The summed E-state index contributed by atoms with van der Waals surface area (Å²) in [6.45, 7) is 0. The van der Waals surface area contributed by atoms with Gasteiger partial charge in [0.2, 0.25) is 0 Å². The molecule has 21 heavy (non-hydrogen) atoms. The van der Waals surface area contributed by atoms with Crippen LogP contribution in [-0.2, 0) is 10.0 Å². The number of anilines is 2. The predicted molar refractivity (Wildman–Crippen MR) is 79.3 cm³/mol. The van der Waals surface area contributed by atoms with Crippen molar-refractivity contribution in [2.45, 2.75) is 4.90 Å². The fraction of sp³-hybridized carbons (Fsp3) is 0. The molecule has 0 aliphatic rings. The number of nitrogens with zero attached hydrogens (tertiary/aromatic N) is 1. The van der Waals surface area contributed by atoms with Gasteiger partial charge in [0, 0.05) is 6.20 Å². The van der Waals surface area contributed by atoms with Gasteiger partial charge in [-0.2, -0.15) is 0 Å². The Hall–Kier alpha value is -1.61. The molecule has 0 unspecified atom stereocenters. The molecule has 1 aromatic heterocycles. The van der Waals surface area contributed by atoms with E-state index in [-0.39, 0.29) is 26.4 Å². The second-order valence-corrected chi connectivity index (χ2v) is 6.34. The molecule has 0 saturated heterocycles. The molecule has 0 aliphatic carbocycles. The van der Waals surface area contributed by atoms with E-state index < -0.39 is 15.8 Å². The Bertz CT molecular complexity index is 766. The number of halogens is 3. The molecule has 0 aliphatic heterocycles. The number of nitrogens with one attached hydrogen (secondary N) is 2. The Morgan fingerprint density at radius 3 is 2.52 bits per heavy atom. The first-order valence-corrected chi connectivity index (χ1v) is 7.68. The lowest BCUT2D eigenvalue weighted by Crippen LogP contribution is -2.16. The minimum absolute atomic E-state index is 0.00000514. The van der Waals surface area contributed by atoms with Crippen molar-refractivity contribution >= 4 is 44.7 Å². The van der Waals surface area contributed by atoms with Crippen molar-refractivity contribution in [2.75, 3.05) is 10.1 Å². The molecule has 0 amide bonds. The van der Waals surface area contributed by atoms with E-state index in [1.54, 1.807) is 0 Å². The normalized spacial score (nSPS) is 11.2. The van der Waals surface area contributed by atoms with Crippen LogP contribution in [0.15, 0.2) is 35.4 Å². The molecular weight excluding hydrogens is 342 g/mol. The van der Waals surface area contributed by atoms with Gasteiger partial charge in [0.05, 0.1) is 10.0 Å². The molecule has 10 heteroatoms. The molecule has 0 radical (unpaired) electrons. The van der Waals surface area contributed by atoms with E-state index in [0.717, 1.165) is 18.3 Å². The van der Waals surface area contributed by atoms with E-state index in [0.29, 0.717) is 0 Å². The number of para-hydroxylation sites is 1. The molecule has 0 saturated carbocycles. The van der Waals surface area contributed by atoms with Crippen molar-refractivity contribution in [2.24, 2.45) is 5.84 Å². The molecule has 0 bridgehead atoms. The highest BCUT2D eigenvalue weighted by Gasteiger charge is 2.20. The number of rotatable bonds is 4. The van der Waals surface area contributed by atoms with E-state index in [1.165, 1.54) is 12.1 Å². The Morgan fingerprint density at radius 1 is 1.24 bits per heavy atom. The minimum Gasteiger partial charge on any atom is -0.307 e. The molecule has 1 aromatic carbocycles. The quantitative estimate of drug-likeness (QED) is 0.581. The van der Waals surface area contributed by atoms with E-state index >= 15 is 0 Å². The summed E-state index contributed by atoms with van der Waals surface area (Å²) in [5.74, 6) is 4.45. The Balaban J connectivity index is 2.41. The zero-order chi connectivity index (χ0) is 15.6. The third kappa shape index (κ3) is 3.35. The average molecular weight is 351 g/mol. The van der Waals surface area contributed by atoms with Gasteiger partial charge in [-0.1, -0.05) is 29.3 Å². The van der Waals surface area contributed by atoms with Gasteiger partial charge in [0.25, 0.3) is 10.0 Å². The SMILES string of the molecule is NNc1ncc(S(=O)(=O)Nc2c(F)cccc2Cl)cc1Cl. The summed E-state index contributed by atoms with van der Waals surface area (Å²) in [6, 6.07) is 4.92. The van der Waals surface area contributed by atoms with Crippen LogP contribution in [0.4, 0.5) is 15.9 Å². The summed E-state index contributed by atoms with van der Waals surface area (Å²) >= 11 is 11.6. The van der Waals surface area contributed by atoms with Gasteiger partial charge in [-0.3, -0.25) is 4.72 Å². The monoisotopic (exact) mass is 350 g/mol. The maximum atomic E-state index is 13.6. The third-order valence-corrected chi connectivity index (χ3v) is 4.38. The molecule has 4 N–H and O–H groups in total. The number of hydrogen-bond donors (Lipinski definition) is 3. The van der Waals surface area contributed by atoms with Gasteiger partial charge in [0.1, 0.15) is 16.4 Å². The van der Waals surface area contributed by atoms with Crippen LogP contribution in [-0.4, -0.2) is 13.4 Å². The smallest absolute Gasteiger partial charge is 0.263 e. The van der Waals surface area contributed by atoms with Crippen molar-refractivity contribution < 1.29 is 12.8 Å². The Morgan fingerprint density at radius 2 is 1.95 bits per heavy atom. The minimum atomic E-state index is -4.10. The largest absolute Gasteiger partial charge is 0.307 e. The highest BCUT2D eigenvalue weighted by molar-refractivity contribution is 7.92. The highest BCUT2D eigenvalue weighted by Crippen LogP contribution is 2.28. The van der Waals surface area contributed by atoms with Crippen molar-refractivity contribution in [1.82, 2.24) is 4.98 Å². The van der Waals surface area contributed by atoms with Crippen molar-refractivity contribution in [3.05, 3.63) is 46.3 Å². The topological polar surface area (TPSA) is 97.1 Å². The van der Waals surface area contributed by atoms with E-state index in [9.17, 15) is 12.8 Å². The van der Waals surface area contributed by atoms with Crippen LogP contribution in [0.1, 0.15) is 0 Å². The summed E-state index contributed by atoms with van der Waals surface area (Å²) in [4.78, 5) is 3.48. The number of hydrogen-bond acceptors (Lipinski definition) is 5. The van der Waals surface area contributed by atoms with E-state index in [4.69, 9.17) is 29.0 Å². The standard InChI is InChI=1S/C11H9Cl2FN4O2S/c12-7-2-1-3-9(14)10(7)18-21(19,20)6-4-8(13)11(17-15)16-5-6/h1-5,18H,15H2,(H,16,17). The van der Waals surface area contributed by atoms with Crippen LogP contribution in [0.5, 0.6) is 0 Å². The number of nitrogen functional groups attached to an aromatic ring is 1. The van der Waals surface area contributed by atoms with Gasteiger partial charge in [-0.05, 0) is 18.2 Å². The van der Waals surface area contributed by atoms with Crippen molar-refractivity contribution in [3.63, 3.8) is 0 Å². The van der Waals surface area contributed by atoms with Crippen molar-refractivity contribution in [1.29, 1.82) is 0 Å². The number of pyridine rings is 1. The number of benzene rings is 1. The van der Waals surface area contributed by atoms with Gasteiger partial charge in [0.15, 0.2) is 5.82 Å². The first-order valence-electron chi connectivity index (χ1n) is 5.44. The number of sulfonamides is 1. The molecule has 6 nitrogen and oxygen atoms in total. The summed E-state index contributed by atoms with van der Waals surface area (Å²) in [6.07, 6.45) is 1.03. The molecular formula is C11H9Cl2FN4O2S. The number of aromatic nitrogens is 1. The van der Waals surface area contributed by atoms with Gasteiger partial charge >= 0.3 is 0 Å². The van der Waals surface area contributed by atoms with Gasteiger partial charge < -0.3 is 5.43 Å². The maximum absolute atomic E-state index is 13.6. The second kappa shape index (κ2) is 6.02. The number of hydrazine groups is 1. The van der Waals surface area contributed by atoms with Crippen LogP contribution in [0.25, 0.3) is 0 Å². The van der Waals surface area contributed by atoms with Gasteiger partial charge in [-0.25, -0.2) is 23.6 Å². The zero-order valence-corrected chi connectivity index (χ0v) is 12.6. The van der Waals surface area contributed by atoms with Crippen LogP contribution < -0.4 is 16.0 Å². The maximum Gasteiger partial charge on any atom is 0.263 e. The zero-order valence-electron chi connectivity index (χ0n) is 10.3. The van der Waals surface area contributed by atoms with Crippen LogP contribution >= 0.6 is 23.2 Å². The summed E-state index contributed by atoms with van der Waals surface area (Å²) in [7, 11) is -4.10. The van der Waals surface area contributed by atoms with Crippen LogP contribution in [0.2, 0.25) is 10.0 Å². The fourth-order valence-electron chi connectivity index (χ4n) is 1.46. The predicted octanol–water partition coefficient (Wildman–Crippen LogP) is 2.61. The first kappa shape index (κ1) is 15.8. The lowest BCUT2D eigenvalue weighted by Gasteiger charge is -2.11. The van der Waals surface area contributed by atoms with Crippen LogP contribution in [0, 0.1) is 5.82 Å². The summed E-state index contributed by atoms with van der Waals surface area (Å²) < 4.78 is 40.0. The highest BCUT2D eigenvalue weighted by atomic mass is 35.5. The fourth-order valence-corrected chi connectivity index (χ4v) is 3.07. The molecule has 1 heterocycles. The lowest BCUT2D eigenvalue weighted by atomic mass is 10.3. The Labute approximate surface area is 130 Å². The second-order valence-electron chi connectivity index (χ2n) is 3.85. The first-order chi connectivity index (χ1) is 9.85. The third-order valence-electron chi connectivity index (χ3n) is 2.46. The Kier molecular flexibility index (Phi) is 4.52. The molecule has 0 atom stereocenters. The molecule has 0 fully saturated rings. The van der Waals surface area contributed by atoms with Crippen LogP contribution in [0.3, 0.4) is 0 Å². The average Bonchev–Trinajstić information content (AvgIpc) is 2.43. The molecule has 112 valence electrons. The van der Waals surface area contributed by atoms with Crippen molar-refractivity contribution in [3.8, 4) is 0 Å². The number of nitrogens with two attached hydrogens (primary N) is 1. The lowest BCUT2D eigenvalue weighted by molar-refractivity contribution is 0.598.